The Bertz CT molecular complexity index is 1230. The number of benzene rings is 3. The molecule has 0 bridgehead atoms. The van der Waals surface area contributed by atoms with Crippen LogP contribution in [0.1, 0.15) is 21.5 Å². The smallest absolute Gasteiger partial charge is 0.329 e. The van der Waals surface area contributed by atoms with Crippen molar-refractivity contribution >= 4 is 22.8 Å². The van der Waals surface area contributed by atoms with Crippen LogP contribution in [0.15, 0.2) is 79.0 Å². The van der Waals surface area contributed by atoms with Gasteiger partial charge in [0, 0.05) is 29.1 Å². The van der Waals surface area contributed by atoms with Gasteiger partial charge >= 0.3 is 5.97 Å². The van der Waals surface area contributed by atoms with E-state index in [1.165, 1.54) is 48.5 Å². The molecule has 162 valence electrons. The summed E-state index contributed by atoms with van der Waals surface area (Å²) >= 11 is 0. The van der Waals surface area contributed by atoms with Gasteiger partial charge < -0.3 is 15.0 Å². The quantitative estimate of drug-likeness (QED) is 0.420. The first-order chi connectivity index (χ1) is 15.5. The summed E-state index contributed by atoms with van der Waals surface area (Å²) in [4.78, 5) is 28.7. The van der Waals surface area contributed by atoms with E-state index in [0.717, 1.165) is 16.5 Å². The van der Waals surface area contributed by atoms with Crippen LogP contribution in [0.5, 0.6) is 0 Å². The third-order valence-electron chi connectivity index (χ3n) is 5.09. The van der Waals surface area contributed by atoms with Gasteiger partial charge in [0.2, 0.25) is 0 Å². The van der Waals surface area contributed by atoms with E-state index >= 15 is 0 Å². The number of carbonyl (C=O) groups is 2. The maximum Gasteiger partial charge on any atom is 0.329 e. The summed E-state index contributed by atoms with van der Waals surface area (Å²) in [5, 5.41) is 3.62. The number of aromatic nitrogens is 1. The van der Waals surface area contributed by atoms with Crippen molar-refractivity contribution in [3.05, 3.63) is 107 Å². The number of hydrogen-bond acceptors (Lipinski definition) is 3. The number of esters is 1. The Morgan fingerprint density at radius 2 is 1.56 bits per heavy atom. The zero-order chi connectivity index (χ0) is 22.5. The third kappa shape index (κ3) is 5.00. The largest absolute Gasteiger partial charge is 0.459 e. The first-order valence-corrected chi connectivity index (χ1v) is 10.0. The number of aromatic amines is 1. The summed E-state index contributed by atoms with van der Waals surface area (Å²) in [6.07, 6.45) is 1.98. The van der Waals surface area contributed by atoms with Crippen molar-refractivity contribution in [1.29, 1.82) is 0 Å². The number of fused-ring (bicyclic) bond motifs is 1. The number of carbonyl (C=O) groups excluding carboxylic acids is 2. The van der Waals surface area contributed by atoms with E-state index in [-0.39, 0.29) is 24.4 Å². The Hall–Kier alpha value is -4.00. The highest BCUT2D eigenvalue weighted by Gasteiger charge is 2.25. The van der Waals surface area contributed by atoms with Gasteiger partial charge in [-0.25, -0.2) is 13.6 Å². The molecule has 32 heavy (non-hydrogen) atoms. The number of rotatable bonds is 7. The molecule has 7 heteroatoms. The van der Waals surface area contributed by atoms with Crippen LogP contribution >= 0.6 is 0 Å². The number of halogens is 2. The molecule has 1 heterocycles. The molecule has 0 saturated carbocycles. The normalized spacial score (nSPS) is 11.8. The van der Waals surface area contributed by atoms with Gasteiger partial charge in [0.15, 0.2) is 0 Å². The van der Waals surface area contributed by atoms with Crippen LogP contribution < -0.4 is 5.32 Å². The van der Waals surface area contributed by atoms with E-state index in [0.29, 0.717) is 5.56 Å². The van der Waals surface area contributed by atoms with Gasteiger partial charge in [-0.1, -0.05) is 30.3 Å². The summed E-state index contributed by atoms with van der Waals surface area (Å²) in [7, 11) is 0. The molecule has 1 atom stereocenters. The topological polar surface area (TPSA) is 71.2 Å². The number of hydrogen-bond donors (Lipinski definition) is 2. The lowest BCUT2D eigenvalue weighted by molar-refractivity contribution is -0.147. The fourth-order valence-corrected chi connectivity index (χ4v) is 3.39. The molecule has 5 nitrogen and oxygen atoms in total. The zero-order valence-corrected chi connectivity index (χ0v) is 17.0. The predicted octanol–water partition coefficient (Wildman–Crippen LogP) is 4.53. The predicted molar refractivity (Wildman–Crippen MR) is 116 cm³/mol. The van der Waals surface area contributed by atoms with Gasteiger partial charge in [0.25, 0.3) is 5.91 Å². The molecule has 4 rings (SSSR count). The van der Waals surface area contributed by atoms with Gasteiger partial charge in [-0.15, -0.1) is 0 Å². The molecule has 0 saturated heterocycles. The summed E-state index contributed by atoms with van der Waals surface area (Å²) in [6.45, 7) is -0.0596. The summed E-state index contributed by atoms with van der Waals surface area (Å²) in [5.74, 6) is -2.00. The van der Waals surface area contributed by atoms with Crippen molar-refractivity contribution in [2.75, 3.05) is 0 Å². The van der Waals surface area contributed by atoms with E-state index < -0.39 is 23.7 Å². The highest BCUT2D eigenvalue weighted by atomic mass is 19.1. The number of H-pyrrole nitrogens is 1. The molecule has 1 aromatic heterocycles. The molecule has 0 aliphatic heterocycles. The molecule has 3 aromatic carbocycles. The van der Waals surface area contributed by atoms with Crippen LogP contribution in [-0.4, -0.2) is 22.9 Å². The van der Waals surface area contributed by atoms with Crippen molar-refractivity contribution in [1.82, 2.24) is 10.3 Å². The average Bonchev–Trinajstić information content (AvgIpc) is 3.21. The minimum absolute atomic E-state index is 0.0596. The minimum Gasteiger partial charge on any atom is -0.459 e. The molecule has 0 fully saturated rings. The van der Waals surface area contributed by atoms with Gasteiger partial charge in [-0.2, -0.15) is 0 Å². The maximum atomic E-state index is 13.2. The van der Waals surface area contributed by atoms with Crippen molar-refractivity contribution < 1.29 is 23.1 Å². The first kappa shape index (κ1) is 21.2. The van der Waals surface area contributed by atoms with Crippen LogP contribution in [-0.2, 0) is 22.6 Å². The number of para-hydroxylation sites is 1. The molecule has 1 unspecified atom stereocenters. The Morgan fingerprint density at radius 1 is 0.906 bits per heavy atom. The molecular formula is C25H20F2N2O3. The van der Waals surface area contributed by atoms with Crippen molar-refractivity contribution in [2.45, 2.75) is 19.1 Å². The van der Waals surface area contributed by atoms with Crippen LogP contribution in [0.2, 0.25) is 0 Å². The maximum absolute atomic E-state index is 13.2. The fraction of sp³-hybridized carbons (Fsp3) is 0.120. The van der Waals surface area contributed by atoms with E-state index in [1.54, 1.807) is 6.20 Å². The van der Waals surface area contributed by atoms with Crippen LogP contribution in [0.25, 0.3) is 10.9 Å². The van der Waals surface area contributed by atoms with Crippen molar-refractivity contribution in [2.24, 2.45) is 0 Å². The molecule has 2 N–H and O–H groups in total. The van der Waals surface area contributed by atoms with Gasteiger partial charge in [-0.05, 0) is 53.6 Å². The molecule has 1 amide bonds. The molecule has 0 spiro atoms. The van der Waals surface area contributed by atoms with Crippen LogP contribution in [0.4, 0.5) is 8.78 Å². The van der Waals surface area contributed by atoms with Crippen molar-refractivity contribution in [3.8, 4) is 0 Å². The standard InChI is InChI=1S/C25H20F2N2O3/c26-19-9-5-16(6-10-19)15-32-25(31)23(29-24(30)17-7-11-20(27)12-8-17)13-18-14-28-22-4-2-1-3-21(18)22/h1-12,14,23,28H,13,15H2,(H,29,30). The lowest BCUT2D eigenvalue weighted by atomic mass is 10.0. The lowest BCUT2D eigenvalue weighted by Crippen LogP contribution is -2.43. The SMILES string of the molecule is O=C(NC(Cc1c[nH]c2ccccc12)C(=O)OCc1ccc(F)cc1)c1ccc(F)cc1. The Labute approximate surface area is 183 Å². The van der Waals surface area contributed by atoms with Gasteiger partial charge in [0.05, 0.1) is 0 Å². The van der Waals surface area contributed by atoms with Gasteiger partial charge in [0.1, 0.15) is 24.3 Å². The Balaban J connectivity index is 1.53. The molecular weight excluding hydrogens is 414 g/mol. The highest BCUT2D eigenvalue weighted by Crippen LogP contribution is 2.20. The van der Waals surface area contributed by atoms with E-state index in [9.17, 15) is 18.4 Å². The van der Waals surface area contributed by atoms with Crippen LogP contribution in [0, 0.1) is 11.6 Å². The average molecular weight is 434 g/mol. The highest BCUT2D eigenvalue weighted by molar-refractivity contribution is 5.97. The number of nitrogens with one attached hydrogen (secondary N) is 2. The lowest BCUT2D eigenvalue weighted by Gasteiger charge is -2.18. The van der Waals surface area contributed by atoms with E-state index in [4.69, 9.17) is 4.74 Å². The van der Waals surface area contributed by atoms with Crippen molar-refractivity contribution in [3.63, 3.8) is 0 Å². The Morgan fingerprint density at radius 3 is 2.28 bits per heavy atom. The second-order valence-corrected chi connectivity index (χ2v) is 7.33. The number of ether oxygens (including phenoxy) is 1. The molecule has 0 radical (unpaired) electrons. The minimum atomic E-state index is -0.979. The van der Waals surface area contributed by atoms with E-state index in [1.807, 2.05) is 24.3 Å². The Kier molecular flexibility index (Phi) is 6.26. The first-order valence-electron chi connectivity index (χ1n) is 10.0. The van der Waals surface area contributed by atoms with Gasteiger partial charge in [-0.3, -0.25) is 4.79 Å². The third-order valence-corrected chi connectivity index (χ3v) is 5.09. The second kappa shape index (κ2) is 9.43. The molecule has 0 aliphatic rings. The fourth-order valence-electron chi connectivity index (χ4n) is 3.39. The number of amides is 1. The van der Waals surface area contributed by atoms with Crippen LogP contribution in [0.3, 0.4) is 0 Å². The summed E-state index contributed by atoms with van der Waals surface area (Å²) in [5.41, 5.74) is 2.59. The second-order valence-electron chi connectivity index (χ2n) is 7.33. The summed E-state index contributed by atoms with van der Waals surface area (Å²) in [6, 6.07) is 17.3. The molecule has 0 aliphatic carbocycles. The molecule has 4 aromatic rings. The van der Waals surface area contributed by atoms with E-state index in [2.05, 4.69) is 10.3 Å². The zero-order valence-electron chi connectivity index (χ0n) is 17.0. The monoisotopic (exact) mass is 434 g/mol. The summed E-state index contributed by atoms with van der Waals surface area (Å²) < 4.78 is 31.7.